The quantitative estimate of drug-likeness (QED) is 0.220. The third kappa shape index (κ3) is 3.92. The van der Waals surface area contributed by atoms with E-state index in [9.17, 15) is 0 Å². The summed E-state index contributed by atoms with van der Waals surface area (Å²) in [6, 6.07) is 25.7. The lowest BCUT2D eigenvalue weighted by Gasteiger charge is -2.67. The summed E-state index contributed by atoms with van der Waals surface area (Å²) in [6.45, 7) is 0. The molecule has 10 rings (SSSR count). The molecular weight excluding hydrogens is 537 g/mol. The zero-order valence-electron chi connectivity index (χ0n) is 25.8. The van der Waals surface area contributed by atoms with Gasteiger partial charge in [-0.15, -0.1) is 11.3 Å². The summed E-state index contributed by atoms with van der Waals surface area (Å²) in [5, 5.41) is 2.97. The zero-order valence-corrected chi connectivity index (χ0v) is 26.6. The summed E-state index contributed by atoms with van der Waals surface area (Å²) in [4.78, 5) is 0. The Labute approximate surface area is 262 Å². The standard InChI is InChI=1S/C42H48S/c1-2-9-25(10-3-1)28-13-6-18-36-38-24-27(20-22-39(38)43-42(28)36)26-19-21-31-34-16-7-14-32-29-11-4-5-12-30(29)33-15-8-17-35(37(31)23-26)41(33)40(32)34/h1-3,6,9-10,13,18,20,22,24,26,29-35,37,40-41H,4-5,7-8,11-12,14-17,19,21,23H2. The van der Waals surface area contributed by atoms with Gasteiger partial charge < -0.3 is 0 Å². The van der Waals surface area contributed by atoms with Crippen LogP contribution in [0.5, 0.6) is 0 Å². The van der Waals surface area contributed by atoms with Crippen LogP contribution in [-0.4, -0.2) is 0 Å². The summed E-state index contributed by atoms with van der Waals surface area (Å²) in [7, 11) is 0. The molecule has 1 heteroatoms. The third-order valence-corrected chi connectivity index (χ3v) is 15.9. The van der Waals surface area contributed by atoms with Crippen LogP contribution >= 0.6 is 11.3 Å². The fourth-order valence-corrected chi connectivity index (χ4v) is 14.7. The molecule has 6 aliphatic rings. The Morgan fingerprint density at radius 3 is 1.86 bits per heavy atom. The topological polar surface area (TPSA) is 0 Å². The van der Waals surface area contributed by atoms with E-state index in [1.807, 2.05) is 11.3 Å². The van der Waals surface area contributed by atoms with Gasteiger partial charge in [-0.1, -0.05) is 80.3 Å². The molecule has 3 aromatic carbocycles. The van der Waals surface area contributed by atoms with E-state index in [0.29, 0.717) is 0 Å². The fraction of sp³-hybridized carbons (Fsp3) is 0.571. The highest BCUT2D eigenvalue weighted by atomic mass is 32.1. The minimum Gasteiger partial charge on any atom is -0.135 e. The van der Waals surface area contributed by atoms with E-state index in [2.05, 4.69) is 66.7 Å². The average Bonchev–Trinajstić information content (AvgIpc) is 3.46. The molecule has 1 aromatic heterocycles. The van der Waals surface area contributed by atoms with Crippen LogP contribution in [0.3, 0.4) is 0 Å². The summed E-state index contributed by atoms with van der Waals surface area (Å²) < 4.78 is 2.92. The molecule has 0 N–H and O–H groups in total. The predicted octanol–water partition coefficient (Wildman–Crippen LogP) is 12.1. The maximum absolute atomic E-state index is 2.65. The SMILES string of the molecule is c1ccc(-c2cccc3c2sc2ccc(C4CCC5C(C4)C4CCCC6C7CCCCC7C7CCCC5C7C64)cc23)cc1. The Morgan fingerprint density at radius 2 is 1.14 bits per heavy atom. The first-order chi connectivity index (χ1) is 21.3. The van der Waals surface area contributed by atoms with Crippen LogP contribution in [0.15, 0.2) is 66.7 Å². The van der Waals surface area contributed by atoms with Crippen LogP contribution < -0.4 is 0 Å². The molecule has 0 nitrogen and oxygen atoms in total. The molecule has 6 fully saturated rings. The van der Waals surface area contributed by atoms with Crippen LogP contribution in [0.2, 0.25) is 0 Å². The number of hydrogen-bond acceptors (Lipinski definition) is 1. The van der Waals surface area contributed by atoms with E-state index in [-0.39, 0.29) is 0 Å². The lowest BCUT2D eigenvalue weighted by atomic mass is 9.37. The molecule has 11 unspecified atom stereocenters. The van der Waals surface area contributed by atoms with Crippen LogP contribution in [0, 0.1) is 59.2 Å². The number of thiophene rings is 1. The molecule has 0 aliphatic heterocycles. The molecule has 222 valence electrons. The number of hydrogen-bond donors (Lipinski definition) is 0. The first-order valence-corrected chi connectivity index (χ1v) is 19.2. The summed E-state index contributed by atoms with van der Waals surface area (Å²) >= 11 is 2.00. The number of rotatable bonds is 2. The molecule has 0 bridgehead atoms. The Balaban J connectivity index is 0.998. The van der Waals surface area contributed by atoms with Gasteiger partial charge in [0.1, 0.15) is 0 Å². The second kappa shape index (κ2) is 10.2. The van der Waals surface area contributed by atoms with Gasteiger partial charge in [0.2, 0.25) is 0 Å². The van der Waals surface area contributed by atoms with Crippen molar-refractivity contribution in [2.45, 2.75) is 89.4 Å². The van der Waals surface area contributed by atoms with Gasteiger partial charge in [0.25, 0.3) is 0 Å². The highest BCUT2D eigenvalue weighted by Crippen LogP contribution is 2.69. The van der Waals surface area contributed by atoms with Crippen molar-refractivity contribution >= 4 is 31.5 Å². The molecule has 1 heterocycles. The average molecular weight is 585 g/mol. The number of benzene rings is 3. The molecule has 43 heavy (non-hydrogen) atoms. The van der Waals surface area contributed by atoms with E-state index < -0.39 is 0 Å². The lowest BCUT2D eigenvalue weighted by Crippen LogP contribution is -2.61. The molecule has 6 aliphatic carbocycles. The van der Waals surface area contributed by atoms with Crippen molar-refractivity contribution in [2.75, 3.05) is 0 Å². The fourth-order valence-electron chi connectivity index (χ4n) is 13.4. The van der Waals surface area contributed by atoms with E-state index in [0.717, 1.165) is 65.1 Å². The summed E-state index contributed by atoms with van der Waals surface area (Å²) in [5.74, 6) is 11.6. The molecule has 0 radical (unpaired) electrons. The molecule has 4 aromatic rings. The number of fused-ring (bicyclic) bond motifs is 9. The van der Waals surface area contributed by atoms with Gasteiger partial charge in [-0.25, -0.2) is 0 Å². The van der Waals surface area contributed by atoms with Crippen molar-refractivity contribution in [1.82, 2.24) is 0 Å². The van der Waals surface area contributed by atoms with Crippen molar-refractivity contribution in [1.29, 1.82) is 0 Å². The maximum Gasteiger partial charge on any atom is 0.0433 e. The summed E-state index contributed by atoms with van der Waals surface area (Å²) in [6.07, 6.45) is 20.1. The van der Waals surface area contributed by atoms with Crippen LogP contribution in [-0.2, 0) is 0 Å². The lowest BCUT2D eigenvalue weighted by molar-refractivity contribution is -0.188. The summed E-state index contributed by atoms with van der Waals surface area (Å²) in [5.41, 5.74) is 4.39. The Morgan fingerprint density at radius 1 is 0.488 bits per heavy atom. The van der Waals surface area contributed by atoms with Crippen LogP contribution in [0.25, 0.3) is 31.3 Å². The zero-order chi connectivity index (χ0) is 28.1. The smallest absolute Gasteiger partial charge is 0.0433 e. The Hall–Kier alpha value is -2.12. The van der Waals surface area contributed by atoms with Crippen molar-refractivity contribution in [3.8, 4) is 11.1 Å². The van der Waals surface area contributed by atoms with Gasteiger partial charge in [-0.2, -0.15) is 0 Å². The molecule has 0 amide bonds. The molecule has 0 saturated heterocycles. The van der Waals surface area contributed by atoms with Crippen LogP contribution in [0.1, 0.15) is 95.0 Å². The van der Waals surface area contributed by atoms with E-state index in [1.54, 1.807) is 63.4 Å². The molecule has 0 spiro atoms. The van der Waals surface area contributed by atoms with Crippen molar-refractivity contribution in [3.05, 3.63) is 72.3 Å². The Bertz CT molecular complexity index is 1650. The second-order valence-electron chi connectivity index (χ2n) is 16.0. The third-order valence-electron chi connectivity index (χ3n) is 14.7. The highest BCUT2D eigenvalue weighted by Gasteiger charge is 2.62. The Kier molecular flexibility index (Phi) is 6.20. The van der Waals surface area contributed by atoms with E-state index >= 15 is 0 Å². The van der Waals surface area contributed by atoms with Gasteiger partial charge in [0.05, 0.1) is 0 Å². The van der Waals surface area contributed by atoms with Gasteiger partial charge in [-0.3, -0.25) is 0 Å². The molecule has 11 atom stereocenters. The van der Waals surface area contributed by atoms with Gasteiger partial charge in [0.15, 0.2) is 0 Å². The second-order valence-corrected chi connectivity index (χ2v) is 17.1. The normalized spacial score (nSPS) is 40.0. The van der Waals surface area contributed by atoms with E-state index in [4.69, 9.17) is 0 Å². The monoisotopic (exact) mass is 584 g/mol. The van der Waals surface area contributed by atoms with E-state index in [1.165, 1.54) is 57.0 Å². The minimum atomic E-state index is 0.764. The first kappa shape index (κ1) is 26.1. The first-order valence-electron chi connectivity index (χ1n) is 18.3. The van der Waals surface area contributed by atoms with Gasteiger partial charge >= 0.3 is 0 Å². The predicted molar refractivity (Wildman–Crippen MR) is 182 cm³/mol. The van der Waals surface area contributed by atoms with Gasteiger partial charge in [-0.05, 0) is 152 Å². The van der Waals surface area contributed by atoms with Crippen molar-refractivity contribution in [3.63, 3.8) is 0 Å². The maximum atomic E-state index is 2.65. The van der Waals surface area contributed by atoms with Gasteiger partial charge in [0, 0.05) is 20.2 Å². The highest BCUT2D eigenvalue weighted by molar-refractivity contribution is 7.26. The molecule has 6 saturated carbocycles. The largest absolute Gasteiger partial charge is 0.135 e. The van der Waals surface area contributed by atoms with Crippen LogP contribution in [0.4, 0.5) is 0 Å². The van der Waals surface area contributed by atoms with Crippen molar-refractivity contribution < 1.29 is 0 Å². The minimum absolute atomic E-state index is 0.764. The van der Waals surface area contributed by atoms with Crippen molar-refractivity contribution in [2.24, 2.45) is 59.2 Å². The molecular formula is C42H48S.